The van der Waals surface area contributed by atoms with Gasteiger partial charge in [0.1, 0.15) is 5.78 Å². The highest BCUT2D eigenvalue weighted by atomic mass is 32.2. The van der Waals surface area contributed by atoms with Gasteiger partial charge in [0.2, 0.25) is 0 Å². The lowest BCUT2D eigenvalue weighted by atomic mass is 10.1. The fraction of sp³-hybridized carbons (Fsp3) is 0.353. The van der Waals surface area contributed by atoms with Crippen molar-refractivity contribution in [3.63, 3.8) is 0 Å². The lowest BCUT2D eigenvalue weighted by Crippen LogP contribution is -2.25. The molecule has 1 saturated carbocycles. The van der Waals surface area contributed by atoms with Gasteiger partial charge >= 0.3 is 0 Å². The summed E-state index contributed by atoms with van der Waals surface area (Å²) in [6, 6.07) is 9.72. The second-order valence-electron chi connectivity index (χ2n) is 5.64. The van der Waals surface area contributed by atoms with Crippen LogP contribution in [0.15, 0.2) is 35.4 Å². The van der Waals surface area contributed by atoms with Gasteiger partial charge in [0.15, 0.2) is 0 Å². The Kier molecular flexibility index (Phi) is 4.16. The van der Waals surface area contributed by atoms with Crippen LogP contribution in [0.25, 0.3) is 10.9 Å². The highest BCUT2D eigenvalue weighted by Crippen LogP contribution is 2.28. The van der Waals surface area contributed by atoms with Crippen molar-refractivity contribution in [3.8, 4) is 0 Å². The van der Waals surface area contributed by atoms with Crippen molar-refractivity contribution in [2.24, 2.45) is 0 Å². The maximum atomic E-state index is 12.5. The number of fused-ring (bicyclic) bond motifs is 1. The topological polar surface area (TPSA) is 59.1 Å². The SMILES string of the molecule is CC(=O)C(C)Sc1cc(C(=O)NC2CC2)c2ccccc2n1. The predicted molar refractivity (Wildman–Crippen MR) is 88.2 cm³/mol. The Balaban J connectivity index is 1.99. The van der Waals surface area contributed by atoms with Crippen molar-refractivity contribution in [2.75, 3.05) is 0 Å². The van der Waals surface area contributed by atoms with E-state index in [2.05, 4.69) is 10.3 Å². The maximum absolute atomic E-state index is 12.5. The first-order valence-corrected chi connectivity index (χ1v) is 8.30. The van der Waals surface area contributed by atoms with Gasteiger partial charge in [0, 0.05) is 11.4 Å². The van der Waals surface area contributed by atoms with Crippen molar-refractivity contribution in [3.05, 3.63) is 35.9 Å². The monoisotopic (exact) mass is 314 g/mol. The van der Waals surface area contributed by atoms with E-state index in [1.54, 1.807) is 13.0 Å². The Labute approximate surface area is 133 Å². The van der Waals surface area contributed by atoms with Gasteiger partial charge in [-0.05, 0) is 38.8 Å². The van der Waals surface area contributed by atoms with Crippen LogP contribution in [-0.4, -0.2) is 28.0 Å². The van der Waals surface area contributed by atoms with Crippen LogP contribution in [0.1, 0.15) is 37.0 Å². The number of nitrogens with one attached hydrogen (secondary N) is 1. The number of amides is 1. The Bertz CT molecular complexity index is 741. The summed E-state index contributed by atoms with van der Waals surface area (Å²) in [5.41, 5.74) is 1.42. The summed E-state index contributed by atoms with van der Waals surface area (Å²) in [6.45, 7) is 3.42. The van der Waals surface area contributed by atoms with E-state index in [9.17, 15) is 9.59 Å². The predicted octanol–water partition coefficient (Wildman–Crippen LogP) is 3.20. The molecule has 1 amide bonds. The molecule has 1 fully saturated rings. The van der Waals surface area contributed by atoms with Gasteiger partial charge in [0.05, 0.1) is 21.4 Å². The molecule has 0 aliphatic heterocycles. The number of pyridine rings is 1. The highest BCUT2D eigenvalue weighted by Gasteiger charge is 2.25. The fourth-order valence-corrected chi connectivity index (χ4v) is 3.02. The summed E-state index contributed by atoms with van der Waals surface area (Å²) in [6.07, 6.45) is 2.11. The minimum Gasteiger partial charge on any atom is -0.349 e. The molecule has 114 valence electrons. The normalized spacial score (nSPS) is 15.5. The molecule has 1 aromatic carbocycles. The van der Waals surface area contributed by atoms with Gasteiger partial charge in [-0.1, -0.05) is 30.0 Å². The molecule has 1 aliphatic carbocycles. The second kappa shape index (κ2) is 6.08. The summed E-state index contributed by atoms with van der Waals surface area (Å²) in [5, 5.41) is 4.41. The smallest absolute Gasteiger partial charge is 0.252 e. The van der Waals surface area contributed by atoms with E-state index in [1.165, 1.54) is 11.8 Å². The summed E-state index contributed by atoms with van der Waals surface area (Å²) in [4.78, 5) is 28.5. The number of benzene rings is 1. The number of para-hydroxylation sites is 1. The van der Waals surface area contributed by atoms with Gasteiger partial charge in [-0.25, -0.2) is 4.98 Å². The first kappa shape index (κ1) is 15.0. The van der Waals surface area contributed by atoms with Crippen LogP contribution in [0.5, 0.6) is 0 Å². The number of rotatable bonds is 5. The minimum absolute atomic E-state index is 0.0570. The number of Topliss-reactive ketones (excluding diaryl/α,β-unsaturated/α-hetero) is 1. The lowest BCUT2D eigenvalue weighted by Gasteiger charge is -2.11. The largest absolute Gasteiger partial charge is 0.349 e. The van der Waals surface area contributed by atoms with E-state index in [-0.39, 0.29) is 16.9 Å². The summed E-state index contributed by atoms with van der Waals surface area (Å²) < 4.78 is 0. The van der Waals surface area contributed by atoms with Crippen LogP contribution >= 0.6 is 11.8 Å². The van der Waals surface area contributed by atoms with Crippen molar-refractivity contribution in [1.29, 1.82) is 0 Å². The number of nitrogens with zero attached hydrogens (tertiary/aromatic N) is 1. The highest BCUT2D eigenvalue weighted by molar-refractivity contribution is 8.00. The average molecular weight is 314 g/mol. The minimum atomic E-state index is -0.173. The summed E-state index contributed by atoms with van der Waals surface area (Å²) >= 11 is 1.39. The molecule has 1 unspecified atom stereocenters. The lowest BCUT2D eigenvalue weighted by molar-refractivity contribution is -0.116. The maximum Gasteiger partial charge on any atom is 0.252 e. The average Bonchev–Trinajstić information content (AvgIpc) is 3.30. The Morgan fingerprint density at radius 3 is 2.73 bits per heavy atom. The molecule has 0 radical (unpaired) electrons. The van der Waals surface area contributed by atoms with Gasteiger partial charge < -0.3 is 5.32 Å². The van der Waals surface area contributed by atoms with Gasteiger partial charge in [0.25, 0.3) is 5.91 Å². The number of hydrogen-bond acceptors (Lipinski definition) is 4. The van der Waals surface area contributed by atoms with E-state index in [4.69, 9.17) is 0 Å². The Morgan fingerprint density at radius 2 is 2.05 bits per heavy atom. The Morgan fingerprint density at radius 1 is 1.32 bits per heavy atom. The van der Waals surface area contributed by atoms with E-state index in [0.29, 0.717) is 16.6 Å². The molecule has 5 heteroatoms. The number of hydrogen-bond donors (Lipinski definition) is 1. The van der Waals surface area contributed by atoms with Crippen molar-refractivity contribution < 1.29 is 9.59 Å². The molecule has 1 atom stereocenters. The first-order chi connectivity index (χ1) is 10.5. The van der Waals surface area contributed by atoms with E-state index in [0.717, 1.165) is 23.7 Å². The molecule has 1 aromatic heterocycles. The molecule has 0 bridgehead atoms. The van der Waals surface area contributed by atoms with Crippen LogP contribution in [0, 0.1) is 0 Å². The van der Waals surface area contributed by atoms with Crippen LogP contribution in [-0.2, 0) is 4.79 Å². The van der Waals surface area contributed by atoms with Crippen LogP contribution in [0.3, 0.4) is 0 Å². The van der Waals surface area contributed by atoms with Crippen LogP contribution < -0.4 is 5.32 Å². The van der Waals surface area contributed by atoms with Crippen LogP contribution in [0.4, 0.5) is 0 Å². The molecule has 22 heavy (non-hydrogen) atoms. The second-order valence-corrected chi connectivity index (χ2v) is 7.00. The Hall–Kier alpha value is -1.88. The summed E-state index contributed by atoms with van der Waals surface area (Å²) in [7, 11) is 0. The molecular formula is C17H18N2O2S. The quantitative estimate of drug-likeness (QED) is 0.861. The molecular weight excluding hydrogens is 296 g/mol. The fourth-order valence-electron chi connectivity index (χ4n) is 2.15. The van der Waals surface area contributed by atoms with Crippen molar-refractivity contribution in [2.45, 2.75) is 43.0 Å². The molecule has 4 nitrogen and oxygen atoms in total. The van der Waals surface area contributed by atoms with E-state index in [1.807, 2.05) is 31.2 Å². The van der Waals surface area contributed by atoms with Crippen molar-refractivity contribution in [1.82, 2.24) is 10.3 Å². The number of carbonyl (C=O) groups is 2. The van der Waals surface area contributed by atoms with Gasteiger partial charge in [-0.15, -0.1) is 0 Å². The number of thioether (sulfide) groups is 1. The van der Waals surface area contributed by atoms with Gasteiger partial charge in [-0.2, -0.15) is 0 Å². The molecule has 2 aromatic rings. The van der Waals surface area contributed by atoms with Gasteiger partial charge in [-0.3, -0.25) is 9.59 Å². The molecule has 1 N–H and O–H groups in total. The number of carbonyl (C=O) groups excluding carboxylic acids is 2. The standard InChI is InChI=1S/C17H18N2O2S/c1-10(20)11(2)22-16-9-14(17(21)18-12-7-8-12)13-5-3-4-6-15(13)19-16/h3-6,9,11-12H,7-8H2,1-2H3,(H,18,21). The zero-order chi connectivity index (χ0) is 15.7. The zero-order valence-corrected chi connectivity index (χ0v) is 13.4. The third kappa shape index (κ3) is 3.30. The molecule has 1 heterocycles. The summed E-state index contributed by atoms with van der Waals surface area (Å²) in [5.74, 6) is 0.0439. The first-order valence-electron chi connectivity index (χ1n) is 7.42. The molecule has 0 saturated heterocycles. The zero-order valence-electron chi connectivity index (χ0n) is 12.6. The molecule has 3 rings (SSSR count). The molecule has 1 aliphatic rings. The number of ketones is 1. The molecule has 0 spiro atoms. The number of aromatic nitrogens is 1. The third-order valence-corrected chi connectivity index (χ3v) is 4.86. The van der Waals surface area contributed by atoms with Crippen LogP contribution in [0.2, 0.25) is 0 Å². The van der Waals surface area contributed by atoms with Crippen molar-refractivity contribution >= 4 is 34.4 Å². The van der Waals surface area contributed by atoms with E-state index >= 15 is 0 Å². The van der Waals surface area contributed by atoms with E-state index < -0.39 is 0 Å². The third-order valence-electron chi connectivity index (χ3n) is 3.72.